The summed E-state index contributed by atoms with van der Waals surface area (Å²) in [6, 6.07) is 34.5. The van der Waals surface area contributed by atoms with Crippen LogP contribution in [-0.4, -0.2) is 65.1 Å². The molecule has 48 heavy (non-hydrogen) atoms. The van der Waals surface area contributed by atoms with Crippen molar-refractivity contribution < 1.29 is 28.4 Å². The second kappa shape index (κ2) is 17.6. The summed E-state index contributed by atoms with van der Waals surface area (Å²) in [7, 11) is 0. The Morgan fingerprint density at radius 2 is 0.833 bits per heavy atom. The second-order valence-corrected chi connectivity index (χ2v) is 13.1. The van der Waals surface area contributed by atoms with E-state index in [-0.39, 0.29) is 0 Å². The van der Waals surface area contributed by atoms with Crippen LogP contribution in [0.25, 0.3) is 22.3 Å². The van der Waals surface area contributed by atoms with Crippen molar-refractivity contribution in [3.05, 3.63) is 108 Å². The molecule has 4 aromatic carbocycles. The SMILES string of the molecule is CC(CCOCC1CO1)c1ccc(-c2ccc(OCCCCOc3ccc(-c4ccc(C(C)CCOCC5CO5)cc4)cc3)cc2)cc1. The number of hydrogen-bond acceptors (Lipinski definition) is 6. The molecule has 0 saturated carbocycles. The van der Waals surface area contributed by atoms with Crippen LogP contribution in [0.4, 0.5) is 0 Å². The lowest BCUT2D eigenvalue weighted by atomic mass is 9.95. The lowest BCUT2D eigenvalue weighted by Crippen LogP contribution is -2.05. The van der Waals surface area contributed by atoms with Gasteiger partial charge in [0.2, 0.25) is 0 Å². The molecule has 4 atom stereocenters. The highest BCUT2D eigenvalue weighted by Crippen LogP contribution is 2.28. The molecule has 6 rings (SSSR count). The lowest BCUT2D eigenvalue weighted by molar-refractivity contribution is 0.111. The summed E-state index contributed by atoms with van der Waals surface area (Å²) in [4.78, 5) is 0. The first kappa shape index (κ1) is 34.2. The van der Waals surface area contributed by atoms with Crippen molar-refractivity contribution in [3.8, 4) is 33.8 Å². The monoisotopic (exact) mass is 650 g/mol. The summed E-state index contributed by atoms with van der Waals surface area (Å²) in [6.07, 6.45) is 4.57. The molecule has 4 unspecified atom stereocenters. The van der Waals surface area contributed by atoms with Gasteiger partial charge in [-0.05, 0) is 95.2 Å². The summed E-state index contributed by atoms with van der Waals surface area (Å²) in [5.41, 5.74) is 7.49. The standard InChI is InChI=1S/C42H50O6/c1-31(21-25-43-27-41-29-47-41)33-5-9-35(10-6-33)37-13-17-39(18-14-37)45-23-3-4-24-46-40-19-15-38(16-20-40)36-11-7-34(8-12-36)32(2)22-26-44-28-42-30-48-42/h5-20,31-32,41-42H,3-4,21-30H2,1-2H3. The Morgan fingerprint density at radius 1 is 0.500 bits per heavy atom. The predicted molar refractivity (Wildman–Crippen MR) is 191 cm³/mol. The Bertz CT molecular complexity index is 1380. The van der Waals surface area contributed by atoms with Crippen molar-refractivity contribution in [1.29, 1.82) is 0 Å². The van der Waals surface area contributed by atoms with E-state index < -0.39 is 0 Å². The van der Waals surface area contributed by atoms with Gasteiger partial charge in [-0.15, -0.1) is 0 Å². The molecule has 2 aliphatic rings. The van der Waals surface area contributed by atoms with Gasteiger partial charge in [0.25, 0.3) is 0 Å². The fraction of sp³-hybridized carbons (Fsp3) is 0.429. The zero-order valence-corrected chi connectivity index (χ0v) is 28.5. The van der Waals surface area contributed by atoms with Gasteiger partial charge >= 0.3 is 0 Å². The molecule has 0 aromatic heterocycles. The van der Waals surface area contributed by atoms with Crippen LogP contribution in [-0.2, 0) is 18.9 Å². The summed E-state index contributed by atoms with van der Waals surface area (Å²) >= 11 is 0. The van der Waals surface area contributed by atoms with E-state index in [4.69, 9.17) is 28.4 Å². The zero-order chi connectivity index (χ0) is 33.0. The van der Waals surface area contributed by atoms with Gasteiger partial charge in [-0.2, -0.15) is 0 Å². The Kier molecular flexibility index (Phi) is 12.6. The summed E-state index contributed by atoms with van der Waals surface area (Å²) in [5, 5.41) is 0. The molecule has 4 aromatic rings. The van der Waals surface area contributed by atoms with Gasteiger partial charge in [0, 0.05) is 13.2 Å². The second-order valence-electron chi connectivity index (χ2n) is 13.1. The van der Waals surface area contributed by atoms with Crippen LogP contribution in [0.3, 0.4) is 0 Å². The maximum Gasteiger partial charge on any atom is 0.119 e. The molecular weight excluding hydrogens is 600 g/mol. The zero-order valence-electron chi connectivity index (χ0n) is 28.5. The van der Waals surface area contributed by atoms with Gasteiger partial charge in [0.05, 0.1) is 39.6 Å². The Labute approximate surface area is 286 Å². The van der Waals surface area contributed by atoms with Crippen LogP contribution in [0.5, 0.6) is 11.5 Å². The molecular formula is C42H50O6. The highest BCUT2D eigenvalue weighted by Gasteiger charge is 2.23. The van der Waals surface area contributed by atoms with Crippen molar-refractivity contribution in [1.82, 2.24) is 0 Å². The van der Waals surface area contributed by atoms with Crippen LogP contribution in [0.15, 0.2) is 97.1 Å². The number of ether oxygens (including phenoxy) is 6. The van der Waals surface area contributed by atoms with Gasteiger partial charge in [0.1, 0.15) is 23.7 Å². The Hall–Kier alpha value is -3.68. The van der Waals surface area contributed by atoms with Gasteiger partial charge in [-0.1, -0.05) is 86.6 Å². The van der Waals surface area contributed by atoms with E-state index in [0.29, 0.717) is 37.3 Å². The molecule has 2 fully saturated rings. The number of hydrogen-bond donors (Lipinski definition) is 0. The maximum atomic E-state index is 6.00. The van der Waals surface area contributed by atoms with Crippen molar-refractivity contribution in [2.45, 2.75) is 63.6 Å². The van der Waals surface area contributed by atoms with Gasteiger partial charge in [-0.3, -0.25) is 0 Å². The first-order valence-electron chi connectivity index (χ1n) is 17.7. The number of rotatable bonds is 21. The van der Waals surface area contributed by atoms with E-state index in [1.807, 2.05) is 0 Å². The normalized spacial score (nSPS) is 17.9. The largest absolute Gasteiger partial charge is 0.494 e. The molecule has 6 nitrogen and oxygen atoms in total. The molecule has 0 spiro atoms. The maximum absolute atomic E-state index is 6.00. The molecule has 2 aliphatic heterocycles. The molecule has 0 bridgehead atoms. The third-order valence-electron chi connectivity index (χ3n) is 9.21. The first-order chi connectivity index (χ1) is 23.6. The molecule has 0 aliphatic carbocycles. The van der Waals surface area contributed by atoms with Crippen molar-refractivity contribution in [2.75, 3.05) is 52.9 Å². The lowest BCUT2D eigenvalue weighted by Gasteiger charge is -2.13. The quantitative estimate of drug-likeness (QED) is 0.0662. The average molecular weight is 651 g/mol. The molecule has 0 radical (unpaired) electrons. The topological polar surface area (TPSA) is 62.0 Å². The smallest absolute Gasteiger partial charge is 0.119 e. The molecule has 2 saturated heterocycles. The highest BCUT2D eigenvalue weighted by atomic mass is 16.6. The highest BCUT2D eigenvalue weighted by molar-refractivity contribution is 5.65. The number of unbranched alkanes of at least 4 members (excludes halogenated alkanes) is 1. The molecule has 0 amide bonds. The summed E-state index contributed by atoms with van der Waals surface area (Å²) in [6.45, 7) is 10.6. The third-order valence-corrected chi connectivity index (χ3v) is 9.21. The van der Waals surface area contributed by atoms with Crippen molar-refractivity contribution >= 4 is 0 Å². The molecule has 254 valence electrons. The van der Waals surface area contributed by atoms with E-state index in [1.165, 1.54) is 33.4 Å². The minimum absolute atomic E-state index is 0.334. The first-order valence-corrected chi connectivity index (χ1v) is 17.7. The van der Waals surface area contributed by atoms with Gasteiger partial charge < -0.3 is 28.4 Å². The van der Waals surface area contributed by atoms with E-state index in [0.717, 1.165) is 76.8 Å². The van der Waals surface area contributed by atoms with E-state index in [9.17, 15) is 0 Å². The molecule has 0 N–H and O–H groups in total. The minimum atomic E-state index is 0.334. The fourth-order valence-electron chi connectivity index (χ4n) is 5.69. The molecule has 6 heteroatoms. The average Bonchev–Trinajstić information content (AvgIpc) is 4.08. The van der Waals surface area contributed by atoms with Crippen LogP contribution >= 0.6 is 0 Å². The fourth-order valence-corrected chi connectivity index (χ4v) is 5.69. The summed E-state index contributed by atoms with van der Waals surface area (Å²) < 4.78 is 33.8. The Morgan fingerprint density at radius 3 is 1.17 bits per heavy atom. The van der Waals surface area contributed by atoms with Crippen LogP contribution in [0.1, 0.15) is 62.5 Å². The van der Waals surface area contributed by atoms with Gasteiger partial charge in [-0.25, -0.2) is 0 Å². The van der Waals surface area contributed by atoms with E-state index >= 15 is 0 Å². The minimum Gasteiger partial charge on any atom is -0.494 e. The van der Waals surface area contributed by atoms with Crippen LogP contribution in [0, 0.1) is 0 Å². The van der Waals surface area contributed by atoms with Crippen molar-refractivity contribution in [3.63, 3.8) is 0 Å². The summed E-state index contributed by atoms with van der Waals surface area (Å²) in [5.74, 6) is 2.72. The predicted octanol–water partition coefficient (Wildman–Crippen LogP) is 9.08. The number of benzene rings is 4. The van der Waals surface area contributed by atoms with E-state index in [2.05, 4.69) is 111 Å². The van der Waals surface area contributed by atoms with Crippen molar-refractivity contribution in [2.24, 2.45) is 0 Å². The van der Waals surface area contributed by atoms with E-state index in [1.54, 1.807) is 0 Å². The van der Waals surface area contributed by atoms with Gasteiger partial charge in [0.15, 0.2) is 0 Å². The molecule has 2 heterocycles. The third kappa shape index (κ3) is 10.9. The van der Waals surface area contributed by atoms with Crippen LogP contribution < -0.4 is 9.47 Å². The Balaban J connectivity index is 0.845. The van der Waals surface area contributed by atoms with Crippen LogP contribution in [0.2, 0.25) is 0 Å². The number of epoxide rings is 2.